The number of aryl methyl sites for hydroxylation is 1. The number of rotatable bonds is 6. The molecular formula is C21H23N5O2. The van der Waals surface area contributed by atoms with Gasteiger partial charge >= 0.3 is 0 Å². The van der Waals surface area contributed by atoms with Gasteiger partial charge in [-0.05, 0) is 30.7 Å². The molecule has 0 aliphatic carbocycles. The second-order valence-corrected chi connectivity index (χ2v) is 7.16. The summed E-state index contributed by atoms with van der Waals surface area (Å²) in [6.07, 6.45) is 1.36. The van der Waals surface area contributed by atoms with E-state index in [4.69, 9.17) is 0 Å². The number of carbonyl (C=O) groups is 1. The van der Waals surface area contributed by atoms with Crippen molar-refractivity contribution in [3.8, 4) is 11.3 Å². The minimum absolute atomic E-state index is 0.161. The topological polar surface area (TPSA) is 92.1 Å². The van der Waals surface area contributed by atoms with E-state index < -0.39 is 6.10 Å². The van der Waals surface area contributed by atoms with Gasteiger partial charge in [0.1, 0.15) is 5.69 Å². The summed E-state index contributed by atoms with van der Waals surface area (Å²) in [5, 5.41) is 24.6. The number of aliphatic hydroxyl groups is 1. The highest BCUT2D eigenvalue weighted by atomic mass is 16.3. The Morgan fingerprint density at radius 3 is 2.79 bits per heavy atom. The first-order chi connectivity index (χ1) is 13.6. The van der Waals surface area contributed by atoms with Crippen LogP contribution in [0.4, 0.5) is 5.69 Å². The molecule has 7 nitrogen and oxygen atoms in total. The van der Waals surface area contributed by atoms with E-state index in [9.17, 15) is 9.90 Å². The van der Waals surface area contributed by atoms with Crippen molar-refractivity contribution in [3.05, 3.63) is 65.9 Å². The van der Waals surface area contributed by atoms with E-state index in [1.807, 2.05) is 55.5 Å². The number of para-hydroxylation sites is 1. The lowest BCUT2D eigenvalue weighted by Crippen LogP contribution is -2.49. The lowest BCUT2D eigenvalue weighted by Gasteiger charge is -2.31. The lowest BCUT2D eigenvalue weighted by molar-refractivity contribution is 0.0587. The van der Waals surface area contributed by atoms with Crippen molar-refractivity contribution in [2.24, 2.45) is 5.92 Å². The maximum atomic E-state index is 12.7. The second-order valence-electron chi connectivity index (χ2n) is 7.16. The Kier molecular flexibility index (Phi) is 5.18. The van der Waals surface area contributed by atoms with Crippen LogP contribution in [0.5, 0.6) is 0 Å². The lowest BCUT2D eigenvalue weighted by atomic mass is 9.96. The Morgan fingerprint density at radius 2 is 2.07 bits per heavy atom. The second kappa shape index (κ2) is 7.92. The van der Waals surface area contributed by atoms with Gasteiger partial charge < -0.3 is 15.7 Å². The number of nitrogens with one attached hydrogen (secondary N) is 2. The Morgan fingerprint density at radius 1 is 1.29 bits per heavy atom. The van der Waals surface area contributed by atoms with Gasteiger partial charge in [0.05, 0.1) is 18.8 Å². The fourth-order valence-corrected chi connectivity index (χ4v) is 3.19. The van der Waals surface area contributed by atoms with Crippen LogP contribution in [0.3, 0.4) is 0 Å². The number of nitrogens with zero attached hydrogens (tertiary/aromatic N) is 3. The molecule has 4 rings (SSSR count). The smallest absolute Gasteiger partial charge is 0.255 e. The maximum Gasteiger partial charge on any atom is 0.255 e. The van der Waals surface area contributed by atoms with Gasteiger partial charge in [-0.3, -0.25) is 4.79 Å². The molecule has 0 bridgehead atoms. The minimum Gasteiger partial charge on any atom is -0.391 e. The predicted molar refractivity (Wildman–Crippen MR) is 107 cm³/mol. The van der Waals surface area contributed by atoms with Gasteiger partial charge in [-0.25, -0.2) is 4.68 Å². The Hall–Kier alpha value is -3.03. The van der Waals surface area contributed by atoms with Gasteiger partial charge in [-0.15, -0.1) is 5.10 Å². The van der Waals surface area contributed by atoms with E-state index in [1.165, 1.54) is 0 Å². The molecule has 0 saturated carbocycles. The molecule has 1 aliphatic rings. The van der Waals surface area contributed by atoms with Gasteiger partial charge in [0.2, 0.25) is 0 Å². The number of amides is 1. The minimum atomic E-state index is -0.443. The van der Waals surface area contributed by atoms with Crippen molar-refractivity contribution in [1.29, 1.82) is 0 Å². The van der Waals surface area contributed by atoms with Crippen LogP contribution in [0.15, 0.2) is 54.7 Å². The van der Waals surface area contributed by atoms with Gasteiger partial charge in [0.15, 0.2) is 0 Å². The number of anilines is 1. The molecule has 1 aliphatic heterocycles. The molecule has 144 valence electrons. The van der Waals surface area contributed by atoms with Crippen LogP contribution in [0.1, 0.15) is 15.9 Å². The van der Waals surface area contributed by atoms with E-state index in [2.05, 4.69) is 20.9 Å². The molecule has 1 aromatic heterocycles. The third-order valence-electron chi connectivity index (χ3n) is 5.08. The zero-order valence-corrected chi connectivity index (χ0v) is 15.7. The Balaban J connectivity index is 1.51. The first-order valence-electron chi connectivity index (χ1n) is 9.36. The van der Waals surface area contributed by atoms with Crippen molar-refractivity contribution in [3.63, 3.8) is 0 Å². The number of aromatic nitrogens is 3. The van der Waals surface area contributed by atoms with Crippen molar-refractivity contribution in [1.82, 2.24) is 20.3 Å². The zero-order chi connectivity index (χ0) is 19.5. The fourth-order valence-electron chi connectivity index (χ4n) is 3.19. The predicted octanol–water partition coefficient (Wildman–Crippen LogP) is 2.09. The molecule has 1 fully saturated rings. The van der Waals surface area contributed by atoms with Crippen LogP contribution in [-0.2, 0) is 6.54 Å². The molecule has 1 atom stereocenters. The molecule has 7 heteroatoms. The van der Waals surface area contributed by atoms with E-state index in [0.29, 0.717) is 17.8 Å². The van der Waals surface area contributed by atoms with E-state index >= 15 is 0 Å². The number of hydrogen-bond donors (Lipinski definition) is 3. The highest BCUT2D eigenvalue weighted by Crippen LogP contribution is 2.22. The summed E-state index contributed by atoms with van der Waals surface area (Å²) in [6.45, 7) is 3.98. The Labute approximate surface area is 163 Å². The van der Waals surface area contributed by atoms with Gasteiger partial charge in [-0.2, -0.15) is 0 Å². The molecular weight excluding hydrogens is 354 g/mol. The molecule has 0 spiro atoms. The quantitative estimate of drug-likeness (QED) is 0.612. The van der Waals surface area contributed by atoms with Crippen LogP contribution in [0, 0.1) is 12.8 Å². The standard InChI is InChI=1S/C21H23N5O2/c1-14-7-8-15(9-18(14)21(28)23-17-5-3-2-4-6-17)19-12-26(25-24-19)13-20(27)16-10-22-11-16/h2-9,12,16,20,22,27H,10-11,13H2,1H3,(H,23,28). The number of aliphatic hydroxyl groups excluding tert-OH is 1. The highest BCUT2D eigenvalue weighted by Gasteiger charge is 2.25. The monoisotopic (exact) mass is 377 g/mol. The maximum absolute atomic E-state index is 12.7. The van der Waals surface area contributed by atoms with Crippen molar-refractivity contribution in [2.45, 2.75) is 19.6 Å². The SMILES string of the molecule is Cc1ccc(-c2cn(CC(O)C3CNC3)nn2)cc1C(=O)Nc1ccccc1. The summed E-state index contributed by atoms with van der Waals surface area (Å²) in [4.78, 5) is 12.7. The van der Waals surface area contributed by atoms with E-state index in [0.717, 1.165) is 29.9 Å². The summed E-state index contributed by atoms with van der Waals surface area (Å²) >= 11 is 0. The largest absolute Gasteiger partial charge is 0.391 e. The molecule has 1 saturated heterocycles. The van der Waals surface area contributed by atoms with Crippen LogP contribution < -0.4 is 10.6 Å². The van der Waals surface area contributed by atoms with E-state index in [1.54, 1.807) is 10.9 Å². The van der Waals surface area contributed by atoms with Crippen LogP contribution >= 0.6 is 0 Å². The van der Waals surface area contributed by atoms with Crippen LogP contribution in [-0.4, -0.2) is 45.2 Å². The summed E-state index contributed by atoms with van der Waals surface area (Å²) in [6, 6.07) is 15.0. The average Bonchev–Trinajstić information content (AvgIpc) is 3.09. The summed E-state index contributed by atoms with van der Waals surface area (Å²) in [5.74, 6) is 0.103. The fraction of sp³-hybridized carbons (Fsp3) is 0.286. The number of hydrogen-bond acceptors (Lipinski definition) is 5. The van der Waals surface area contributed by atoms with E-state index in [-0.39, 0.29) is 11.8 Å². The Bertz CT molecular complexity index is 966. The zero-order valence-electron chi connectivity index (χ0n) is 15.7. The molecule has 28 heavy (non-hydrogen) atoms. The third-order valence-corrected chi connectivity index (χ3v) is 5.08. The van der Waals surface area contributed by atoms with Crippen LogP contribution in [0.25, 0.3) is 11.3 Å². The first-order valence-corrected chi connectivity index (χ1v) is 9.36. The molecule has 1 unspecified atom stereocenters. The average molecular weight is 377 g/mol. The molecule has 3 aromatic rings. The van der Waals surface area contributed by atoms with Crippen molar-refractivity contribution >= 4 is 11.6 Å². The van der Waals surface area contributed by atoms with Crippen LogP contribution in [0.2, 0.25) is 0 Å². The number of benzene rings is 2. The van der Waals surface area contributed by atoms with Gasteiger partial charge in [-0.1, -0.05) is 35.5 Å². The first kappa shape index (κ1) is 18.3. The summed E-state index contributed by atoms with van der Waals surface area (Å²) in [5.41, 5.74) is 3.72. The third kappa shape index (κ3) is 3.95. The summed E-state index contributed by atoms with van der Waals surface area (Å²) in [7, 11) is 0. The van der Waals surface area contributed by atoms with Crippen molar-refractivity contribution < 1.29 is 9.90 Å². The normalized spacial score (nSPS) is 15.1. The van der Waals surface area contributed by atoms with Gasteiger partial charge in [0.25, 0.3) is 5.91 Å². The molecule has 2 aromatic carbocycles. The summed E-state index contributed by atoms with van der Waals surface area (Å²) < 4.78 is 1.65. The highest BCUT2D eigenvalue weighted by molar-refractivity contribution is 6.05. The van der Waals surface area contributed by atoms with Gasteiger partial charge in [0, 0.05) is 35.8 Å². The molecule has 0 radical (unpaired) electrons. The number of carbonyl (C=O) groups excluding carboxylic acids is 1. The molecule has 3 N–H and O–H groups in total. The molecule has 2 heterocycles. The molecule has 1 amide bonds. The van der Waals surface area contributed by atoms with Crippen molar-refractivity contribution in [2.75, 3.05) is 18.4 Å².